The topological polar surface area (TPSA) is 123 Å². The number of aromatic nitrogens is 2. The van der Waals surface area contributed by atoms with Gasteiger partial charge in [0.2, 0.25) is 5.84 Å². The standard InChI is InChI=1S/C12H15N5O3/c1-7-3-4-8(9(5-7)18-2)6-19-16-11(13)10-12(14)17-20-15-10/h3-5H,6H2,1-2H3,(H2,13,16)(H2,14,17)/p+1. The molecule has 0 saturated heterocycles. The molecule has 0 aliphatic rings. The smallest absolute Gasteiger partial charge is 0.303 e. The number of hydrogen-bond donors (Lipinski definition) is 2. The minimum atomic E-state index is 0.0265. The van der Waals surface area contributed by atoms with Gasteiger partial charge in [-0.3, -0.25) is 0 Å². The SMILES string of the molecule is COc1cc(C)ccc1CON=C(N)c1no[nH+]c1N. The molecule has 0 aliphatic heterocycles. The highest BCUT2D eigenvalue weighted by molar-refractivity contribution is 5.98. The summed E-state index contributed by atoms with van der Waals surface area (Å²) in [6, 6.07) is 5.77. The Balaban J connectivity index is 2.04. The molecule has 0 bridgehead atoms. The Morgan fingerprint density at radius 1 is 1.50 bits per heavy atom. The number of rotatable bonds is 5. The normalized spacial score (nSPS) is 11.4. The summed E-state index contributed by atoms with van der Waals surface area (Å²) < 4.78 is 9.81. The Bertz CT molecular complexity index is 623. The number of oxime groups is 1. The van der Waals surface area contributed by atoms with Crippen LogP contribution in [0, 0.1) is 6.92 Å². The molecule has 0 aliphatic carbocycles. The molecule has 0 radical (unpaired) electrons. The third-order valence-electron chi connectivity index (χ3n) is 2.62. The van der Waals surface area contributed by atoms with Gasteiger partial charge < -0.3 is 21.0 Å². The average Bonchev–Trinajstić information content (AvgIpc) is 2.86. The van der Waals surface area contributed by atoms with E-state index >= 15 is 0 Å². The van der Waals surface area contributed by atoms with E-state index in [1.54, 1.807) is 7.11 Å². The molecule has 1 aromatic heterocycles. The van der Waals surface area contributed by atoms with E-state index in [9.17, 15) is 0 Å². The van der Waals surface area contributed by atoms with E-state index in [-0.39, 0.29) is 24.0 Å². The number of nitrogens with zero attached hydrogens (tertiary/aromatic N) is 2. The molecule has 0 atom stereocenters. The summed E-state index contributed by atoms with van der Waals surface area (Å²) in [5.74, 6) is 0.939. The molecule has 1 heterocycles. The lowest BCUT2D eigenvalue weighted by molar-refractivity contribution is -0.610. The van der Waals surface area contributed by atoms with Crippen LogP contribution in [-0.4, -0.2) is 18.1 Å². The molecule has 106 valence electrons. The molecule has 0 saturated carbocycles. The Morgan fingerprint density at radius 3 is 2.95 bits per heavy atom. The molecule has 0 unspecified atom stereocenters. The van der Waals surface area contributed by atoms with Crippen molar-refractivity contribution in [3.63, 3.8) is 0 Å². The second-order valence-corrected chi connectivity index (χ2v) is 4.11. The van der Waals surface area contributed by atoms with Crippen molar-refractivity contribution in [3.8, 4) is 5.75 Å². The van der Waals surface area contributed by atoms with E-state index in [0.29, 0.717) is 0 Å². The molecule has 8 heteroatoms. The van der Waals surface area contributed by atoms with Crippen LogP contribution in [0.25, 0.3) is 0 Å². The fraction of sp³-hybridized carbons (Fsp3) is 0.250. The summed E-state index contributed by atoms with van der Waals surface area (Å²) in [5, 5.41) is 9.64. The number of H-pyrrole nitrogens is 1. The first kappa shape index (κ1) is 13.7. The molecule has 0 spiro atoms. The first-order valence-corrected chi connectivity index (χ1v) is 5.84. The molecule has 2 aromatic rings. The molecular weight excluding hydrogens is 262 g/mol. The van der Waals surface area contributed by atoms with E-state index < -0.39 is 0 Å². The number of benzene rings is 1. The number of anilines is 1. The van der Waals surface area contributed by atoms with E-state index in [4.69, 9.17) is 21.0 Å². The first-order chi connectivity index (χ1) is 9.61. The minimum Gasteiger partial charge on any atom is -0.496 e. The maximum Gasteiger partial charge on any atom is 0.303 e. The molecule has 0 amide bonds. The van der Waals surface area contributed by atoms with Crippen molar-refractivity contribution in [1.29, 1.82) is 0 Å². The quantitative estimate of drug-likeness (QED) is 0.458. The zero-order valence-corrected chi connectivity index (χ0v) is 11.2. The highest BCUT2D eigenvalue weighted by Gasteiger charge is 2.18. The Labute approximate surface area is 115 Å². The molecule has 2 rings (SSSR count). The molecule has 1 aromatic carbocycles. The van der Waals surface area contributed by atoms with Crippen LogP contribution in [0.5, 0.6) is 5.75 Å². The summed E-state index contributed by atoms with van der Waals surface area (Å²) in [4.78, 5) is 5.17. The van der Waals surface area contributed by atoms with E-state index in [1.165, 1.54) is 0 Å². The predicted molar refractivity (Wildman–Crippen MR) is 70.7 cm³/mol. The van der Waals surface area contributed by atoms with Crippen molar-refractivity contribution in [1.82, 2.24) is 5.16 Å². The molecule has 5 N–H and O–H groups in total. The van der Waals surface area contributed by atoms with Gasteiger partial charge in [0.1, 0.15) is 12.4 Å². The maximum atomic E-state index is 5.67. The number of aryl methyl sites for hydroxylation is 1. The van der Waals surface area contributed by atoms with Crippen molar-refractivity contribution in [3.05, 3.63) is 35.0 Å². The van der Waals surface area contributed by atoms with Crippen molar-refractivity contribution in [2.75, 3.05) is 12.8 Å². The number of amidine groups is 1. The number of nitrogens with one attached hydrogen (secondary N) is 1. The highest BCUT2D eigenvalue weighted by Crippen LogP contribution is 2.20. The summed E-state index contributed by atoms with van der Waals surface area (Å²) >= 11 is 0. The number of aromatic amines is 1. The van der Waals surface area contributed by atoms with Gasteiger partial charge in [0.25, 0.3) is 0 Å². The second-order valence-electron chi connectivity index (χ2n) is 4.11. The van der Waals surface area contributed by atoms with Gasteiger partial charge in [0.05, 0.1) is 12.3 Å². The van der Waals surface area contributed by atoms with E-state index in [2.05, 4.69) is 20.1 Å². The van der Waals surface area contributed by atoms with Gasteiger partial charge in [-0.05, 0) is 18.6 Å². The van der Waals surface area contributed by atoms with Crippen LogP contribution in [0.15, 0.2) is 28.0 Å². The largest absolute Gasteiger partial charge is 0.496 e. The second kappa shape index (κ2) is 5.91. The fourth-order valence-corrected chi connectivity index (χ4v) is 1.59. The molecule has 0 fully saturated rings. The lowest BCUT2D eigenvalue weighted by Crippen LogP contribution is -2.18. The fourth-order valence-electron chi connectivity index (χ4n) is 1.59. The first-order valence-electron chi connectivity index (χ1n) is 5.84. The summed E-state index contributed by atoms with van der Waals surface area (Å²) in [6.45, 7) is 2.19. The molecule has 20 heavy (non-hydrogen) atoms. The van der Waals surface area contributed by atoms with Gasteiger partial charge in [-0.25, -0.2) is 0 Å². The van der Waals surface area contributed by atoms with Gasteiger partial charge >= 0.3 is 11.5 Å². The zero-order valence-electron chi connectivity index (χ0n) is 11.2. The Morgan fingerprint density at radius 2 is 2.30 bits per heavy atom. The maximum absolute atomic E-state index is 5.67. The van der Waals surface area contributed by atoms with Crippen LogP contribution >= 0.6 is 0 Å². The van der Waals surface area contributed by atoms with Gasteiger partial charge in [-0.1, -0.05) is 22.4 Å². The number of methoxy groups -OCH3 is 1. The average molecular weight is 278 g/mol. The van der Waals surface area contributed by atoms with Crippen LogP contribution in [-0.2, 0) is 11.4 Å². The lowest BCUT2D eigenvalue weighted by Gasteiger charge is -2.08. The molecule has 8 nitrogen and oxygen atoms in total. The van der Waals surface area contributed by atoms with Crippen LogP contribution in [0.3, 0.4) is 0 Å². The van der Waals surface area contributed by atoms with Crippen molar-refractivity contribution < 1.29 is 19.4 Å². The highest BCUT2D eigenvalue weighted by atomic mass is 16.6. The van der Waals surface area contributed by atoms with Crippen LogP contribution in [0.4, 0.5) is 5.82 Å². The minimum absolute atomic E-state index is 0.0265. The third-order valence-corrected chi connectivity index (χ3v) is 2.62. The van der Waals surface area contributed by atoms with E-state index in [1.807, 2.05) is 25.1 Å². The Kier molecular flexibility index (Phi) is 4.04. The monoisotopic (exact) mass is 278 g/mol. The van der Waals surface area contributed by atoms with Gasteiger partial charge in [-0.2, -0.15) is 0 Å². The number of hydrogen-bond acceptors (Lipinski definition) is 6. The Hall–Kier alpha value is -2.77. The lowest BCUT2D eigenvalue weighted by atomic mass is 10.1. The van der Waals surface area contributed by atoms with Crippen LogP contribution in [0.1, 0.15) is 16.8 Å². The van der Waals surface area contributed by atoms with Crippen molar-refractivity contribution in [2.24, 2.45) is 10.9 Å². The van der Waals surface area contributed by atoms with Crippen LogP contribution in [0.2, 0.25) is 0 Å². The van der Waals surface area contributed by atoms with Crippen molar-refractivity contribution >= 4 is 11.7 Å². The predicted octanol–water partition coefficient (Wildman–Crippen LogP) is 0.225. The summed E-state index contributed by atoms with van der Waals surface area (Å²) in [5.41, 5.74) is 13.4. The van der Waals surface area contributed by atoms with E-state index in [0.717, 1.165) is 16.9 Å². The van der Waals surface area contributed by atoms with Gasteiger partial charge in [0, 0.05) is 5.56 Å². The van der Waals surface area contributed by atoms with Crippen LogP contribution < -0.4 is 21.4 Å². The molecular formula is C12H16N5O3+. The van der Waals surface area contributed by atoms with Crippen molar-refractivity contribution in [2.45, 2.75) is 13.5 Å². The van der Waals surface area contributed by atoms with Gasteiger partial charge in [-0.15, -0.1) is 4.63 Å². The van der Waals surface area contributed by atoms with Gasteiger partial charge in [0.15, 0.2) is 0 Å². The summed E-state index contributed by atoms with van der Waals surface area (Å²) in [6.07, 6.45) is 0. The zero-order chi connectivity index (χ0) is 14.5. The number of nitrogens with two attached hydrogens (primary N) is 2. The third kappa shape index (κ3) is 2.97. The number of ether oxygens (including phenoxy) is 1. The summed E-state index contributed by atoms with van der Waals surface area (Å²) in [7, 11) is 1.60. The number of nitrogen functional groups attached to an aromatic ring is 1.